The second kappa shape index (κ2) is 11.4. The molecule has 34 heavy (non-hydrogen) atoms. The van der Waals surface area contributed by atoms with Crippen LogP contribution in [0.25, 0.3) is 0 Å². The van der Waals surface area contributed by atoms with Gasteiger partial charge in [0, 0.05) is 69.2 Å². The molecule has 1 aliphatic rings. The third-order valence-corrected chi connectivity index (χ3v) is 6.49. The fourth-order valence-corrected chi connectivity index (χ4v) is 4.51. The van der Waals surface area contributed by atoms with Gasteiger partial charge in [-0.1, -0.05) is 0 Å². The van der Waals surface area contributed by atoms with Crippen molar-refractivity contribution in [3.05, 3.63) is 36.0 Å². The molecule has 1 aliphatic heterocycles. The molecular weight excluding hydrogens is 452 g/mol. The summed E-state index contributed by atoms with van der Waals surface area (Å²) in [6.45, 7) is 7.19. The molecule has 0 radical (unpaired) electrons. The minimum absolute atomic E-state index is 0.593. The van der Waals surface area contributed by atoms with E-state index in [4.69, 9.17) is 19.4 Å². The Balaban J connectivity index is 1.63. The van der Waals surface area contributed by atoms with Crippen molar-refractivity contribution in [2.75, 3.05) is 76.1 Å². The molecule has 182 valence electrons. The number of H-pyrrole nitrogens is 1. The molecular formula is C23H32N8O2S. The summed E-state index contributed by atoms with van der Waals surface area (Å²) in [6.07, 6.45) is 0. The summed E-state index contributed by atoms with van der Waals surface area (Å²) in [5.41, 5.74) is 2.02. The van der Waals surface area contributed by atoms with Gasteiger partial charge in [-0.2, -0.15) is 5.10 Å². The van der Waals surface area contributed by atoms with Gasteiger partial charge in [0.05, 0.1) is 13.7 Å². The lowest BCUT2D eigenvalue weighted by Crippen LogP contribution is -2.47. The van der Waals surface area contributed by atoms with E-state index in [1.807, 2.05) is 32.2 Å². The van der Waals surface area contributed by atoms with Gasteiger partial charge < -0.3 is 25.0 Å². The Morgan fingerprint density at radius 2 is 1.85 bits per heavy atom. The Hall–Kier alpha value is -3.02. The predicted octanol–water partition coefficient (Wildman–Crippen LogP) is 3.22. The van der Waals surface area contributed by atoms with Crippen molar-refractivity contribution in [3.8, 4) is 5.75 Å². The van der Waals surface area contributed by atoms with E-state index in [0.29, 0.717) is 22.5 Å². The smallest absolute Gasteiger partial charge is 0.204 e. The summed E-state index contributed by atoms with van der Waals surface area (Å²) in [5, 5.41) is 14.4. The molecule has 0 bridgehead atoms. The molecule has 0 spiro atoms. The molecule has 3 heterocycles. The Morgan fingerprint density at radius 1 is 1.09 bits per heavy atom. The highest BCUT2D eigenvalue weighted by Gasteiger charge is 2.25. The first-order valence-electron chi connectivity index (χ1n) is 11.3. The number of aromatic amines is 1. The van der Waals surface area contributed by atoms with Crippen LogP contribution in [0, 0.1) is 6.92 Å². The highest BCUT2D eigenvalue weighted by Crippen LogP contribution is 2.38. The number of aromatic nitrogens is 4. The first kappa shape index (κ1) is 24.1. The summed E-state index contributed by atoms with van der Waals surface area (Å²) >= 11 is 1.52. The van der Waals surface area contributed by atoms with E-state index >= 15 is 0 Å². The maximum atomic E-state index is 5.82. The Kier molecular flexibility index (Phi) is 8.09. The molecule has 2 aromatic heterocycles. The Bertz CT molecular complexity index is 1070. The molecule has 1 aromatic carbocycles. The molecule has 1 fully saturated rings. The van der Waals surface area contributed by atoms with Crippen LogP contribution < -0.4 is 20.3 Å². The van der Waals surface area contributed by atoms with Gasteiger partial charge in [-0.15, -0.1) is 0 Å². The summed E-state index contributed by atoms with van der Waals surface area (Å²) in [5.74, 6) is 2.67. The predicted molar refractivity (Wildman–Crippen MR) is 136 cm³/mol. The molecule has 10 nitrogen and oxygen atoms in total. The molecule has 11 heteroatoms. The second-order valence-corrected chi connectivity index (χ2v) is 9.01. The minimum Gasteiger partial charge on any atom is -0.490 e. The molecule has 0 unspecified atom stereocenters. The quantitative estimate of drug-likeness (QED) is 0.372. The van der Waals surface area contributed by atoms with E-state index in [0.717, 1.165) is 61.4 Å². The van der Waals surface area contributed by atoms with Crippen LogP contribution in [-0.2, 0) is 4.74 Å². The second-order valence-electron chi connectivity index (χ2n) is 7.97. The van der Waals surface area contributed by atoms with E-state index in [9.17, 15) is 0 Å². The van der Waals surface area contributed by atoms with Crippen LogP contribution in [0.3, 0.4) is 0 Å². The van der Waals surface area contributed by atoms with Crippen LogP contribution in [0.5, 0.6) is 5.75 Å². The van der Waals surface area contributed by atoms with E-state index in [1.165, 1.54) is 11.8 Å². The van der Waals surface area contributed by atoms with Crippen molar-refractivity contribution in [2.24, 2.45) is 0 Å². The zero-order valence-corrected chi connectivity index (χ0v) is 20.9. The normalized spacial score (nSPS) is 14.3. The number of ether oxygens (including phenoxy) is 2. The van der Waals surface area contributed by atoms with Gasteiger partial charge >= 0.3 is 0 Å². The van der Waals surface area contributed by atoms with Crippen LogP contribution in [0.15, 0.2) is 40.4 Å². The van der Waals surface area contributed by atoms with Crippen LogP contribution in [0.2, 0.25) is 0 Å². The van der Waals surface area contributed by atoms with Gasteiger partial charge in [0.25, 0.3) is 0 Å². The fourth-order valence-electron chi connectivity index (χ4n) is 3.75. The van der Waals surface area contributed by atoms with E-state index in [-0.39, 0.29) is 0 Å². The number of piperazine rings is 1. The van der Waals surface area contributed by atoms with Crippen molar-refractivity contribution in [1.82, 2.24) is 25.1 Å². The summed E-state index contributed by atoms with van der Waals surface area (Å²) < 4.78 is 11.1. The summed E-state index contributed by atoms with van der Waals surface area (Å²) in [6, 6.07) is 10.1. The Morgan fingerprint density at radius 3 is 2.47 bits per heavy atom. The van der Waals surface area contributed by atoms with Crippen molar-refractivity contribution in [2.45, 2.75) is 17.0 Å². The van der Waals surface area contributed by atoms with Crippen molar-refractivity contribution in [1.29, 1.82) is 0 Å². The monoisotopic (exact) mass is 484 g/mol. The van der Waals surface area contributed by atoms with E-state index in [2.05, 4.69) is 42.8 Å². The first-order chi connectivity index (χ1) is 16.6. The van der Waals surface area contributed by atoms with Gasteiger partial charge in [-0.05, 0) is 43.0 Å². The van der Waals surface area contributed by atoms with Crippen molar-refractivity contribution in [3.63, 3.8) is 0 Å². The average Bonchev–Trinajstić information content (AvgIpc) is 3.27. The zero-order valence-electron chi connectivity index (χ0n) is 20.1. The zero-order chi connectivity index (χ0) is 23.9. The van der Waals surface area contributed by atoms with Crippen LogP contribution in [0.4, 0.5) is 23.1 Å². The van der Waals surface area contributed by atoms with Gasteiger partial charge in [-0.25, -0.2) is 9.97 Å². The highest BCUT2D eigenvalue weighted by atomic mass is 32.2. The van der Waals surface area contributed by atoms with Gasteiger partial charge in [0.15, 0.2) is 22.6 Å². The maximum Gasteiger partial charge on any atom is 0.204 e. The van der Waals surface area contributed by atoms with Crippen molar-refractivity contribution >= 4 is 34.9 Å². The molecule has 1 saturated heterocycles. The average molecular weight is 485 g/mol. The minimum atomic E-state index is 0.593. The number of hydrogen-bond donors (Lipinski definition) is 3. The molecule has 0 saturated carbocycles. The number of benzene rings is 1. The van der Waals surface area contributed by atoms with Crippen LogP contribution in [-0.4, -0.2) is 85.7 Å². The molecule has 3 N–H and O–H groups in total. The Labute approximate surface area is 204 Å². The topological polar surface area (TPSA) is 103 Å². The van der Waals surface area contributed by atoms with Crippen LogP contribution >= 0.6 is 11.8 Å². The first-order valence-corrected chi connectivity index (χ1v) is 12.1. The third-order valence-electron chi connectivity index (χ3n) is 5.62. The largest absolute Gasteiger partial charge is 0.490 e. The number of anilines is 4. The number of rotatable bonds is 10. The lowest BCUT2D eigenvalue weighted by atomic mass is 10.3. The SMILES string of the molecule is CNc1ccc(Sc2nc(Nc3cc(C)[nH]n3)c(OC)c(N3CCN(CCOC)CC3)n2)cc1. The lowest BCUT2D eigenvalue weighted by molar-refractivity contribution is 0.143. The standard InChI is InChI=1S/C23H32N8O2S/c1-16-15-19(29-28-16)25-21-20(33-4)22(31-11-9-30(10-12-31)13-14-32-3)27-23(26-21)34-18-7-5-17(24-2)6-8-18/h5-8,15,24H,9-14H2,1-4H3,(H2,25,26,27,28,29). The maximum absolute atomic E-state index is 5.82. The fraction of sp³-hybridized carbons (Fsp3) is 0.435. The van der Waals surface area contributed by atoms with Gasteiger partial charge in [0.1, 0.15) is 0 Å². The van der Waals surface area contributed by atoms with Gasteiger partial charge in [-0.3, -0.25) is 10.00 Å². The summed E-state index contributed by atoms with van der Waals surface area (Å²) in [7, 11) is 5.30. The van der Waals surface area contributed by atoms with Crippen molar-refractivity contribution < 1.29 is 9.47 Å². The molecule has 0 aliphatic carbocycles. The van der Waals surface area contributed by atoms with Crippen LogP contribution in [0.1, 0.15) is 5.69 Å². The number of nitrogens with one attached hydrogen (secondary N) is 3. The number of methoxy groups -OCH3 is 2. The molecule has 3 aromatic rings. The number of nitrogens with zero attached hydrogens (tertiary/aromatic N) is 5. The highest BCUT2D eigenvalue weighted by molar-refractivity contribution is 7.99. The lowest BCUT2D eigenvalue weighted by Gasteiger charge is -2.36. The van der Waals surface area contributed by atoms with Gasteiger partial charge in [0.2, 0.25) is 5.75 Å². The molecule has 4 rings (SSSR count). The molecule has 0 atom stereocenters. The van der Waals surface area contributed by atoms with E-state index in [1.54, 1.807) is 14.2 Å². The third kappa shape index (κ3) is 5.91. The number of hydrogen-bond acceptors (Lipinski definition) is 10. The van der Waals surface area contributed by atoms with E-state index < -0.39 is 0 Å². The molecule has 0 amide bonds. The summed E-state index contributed by atoms with van der Waals surface area (Å²) in [4.78, 5) is 15.4. The number of aryl methyl sites for hydroxylation is 1.